The largest absolute Gasteiger partial charge is 0.280 e. The van der Waals surface area contributed by atoms with Crippen LogP contribution in [0.4, 0.5) is 5.82 Å². The lowest BCUT2D eigenvalue weighted by Crippen LogP contribution is -2.11. The quantitative estimate of drug-likeness (QED) is 0.888. The van der Waals surface area contributed by atoms with E-state index in [2.05, 4.69) is 14.9 Å². The number of hydrogen-bond acceptors (Lipinski definition) is 4. The van der Waals surface area contributed by atoms with Gasteiger partial charge in [-0.2, -0.15) is 5.10 Å². The Kier molecular flexibility index (Phi) is 4.17. The first-order chi connectivity index (χ1) is 8.92. The summed E-state index contributed by atoms with van der Waals surface area (Å²) in [6.07, 6.45) is 1.80. The molecular weight excluding hydrogens is 306 g/mol. The van der Waals surface area contributed by atoms with Crippen LogP contribution in [-0.2, 0) is 16.4 Å². The molecule has 0 amide bonds. The number of thiophene rings is 1. The van der Waals surface area contributed by atoms with Crippen LogP contribution in [-0.4, -0.2) is 18.6 Å². The molecule has 0 atom stereocenters. The maximum atomic E-state index is 12.1. The predicted molar refractivity (Wildman–Crippen MR) is 77.5 cm³/mol. The Morgan fingerprint density at radius 2 is 2.21 bits per heavy atom. The van der Waals surface area contributed by atoms with Crippen molar-refractivity contribution in [2.45, 2.75) is 30.9 Å². The van der Waals surface area contributed by atoms with Crippen LogP contribution in [0.5, 0.6) is 0 Å². The number of nitrogens with zero attached hydrogens (tertiary/aromatic N) is 1. The molecule has 2 heterocycles. The molecule has 0 aliphatic heterocycles. The number of sulfonamides is 1. The summed E-state index contributed by atoms with van der Waals surface area (Å²) < 4.78 is 27.3. The van der Waals surface area contributed by atoms with E-state index in [4.69, 9.17) is 11.6 Å². The molecule has 104 valence electrons. The molecule has 2 N–H and O–H groups in total. The van der Waals surface area contributed by atoms with Gasteiger partial charge in [0, 0.05) is 11.8 Å². The summed E-state index contributed by atoms with van der Waals surface area (Å²) >= 11 is 6.92. The molecule has 0 fully saturated rings. The number of aromatic amines is 1. The molecule has 2 rings (SSSR count). The van der Waals surface area contributed by atoms with E-state index in [1.807, 2.05) is 6.92 Å². The zero-order chi connectivity index (χ0) is 14.0. The van der Waals surface area contributed by atoms with Crippen molar-refractivity contribution in [3.8, 4) is 0 Å². The van der Waals surface area contributed by atoms with E-state index in [-0.39, 0.29) is 4.21 Å². The first-order valence-corrected chi connectivity index (χ1v) is 8.43. The highest BCUT2D eigenvalue weighted by molar-refractivity contribution is 7.94. The molecule has 19 heavy (non-hydrogen) atoms. The summed E-state index contributed by atoms with van der Waals surface area (Å²) in [5.41, 5.74) is 1.65. The Labute approximate surface area is 121 Å². The van der Waals surface area contributed by atoms with Crippen molar-refractivity contribution in [1.29, 1.82) is 0 Å². The van der Waals surface area contributed by atoms with Gasteiger partial charge in [-0.05, 0) is 25.0 Å². The summed E-state index contributed by atoms with van der Waals surface area (Å²) in [4.78, 5) is 0. The van der Waals surface area contributed by atoms with Crippen molar-refractivity contribution in [3.05, 3.63) is 27.7 Å². The fourth-order valence-electron chi connectivity index (χ4n) is 1.56. The SMILES string of the molecule is CCCc1cc(NS(=O)(=O)c2cc(C)c(Cl)s2)n[nH]1. The van der Waals surface area contributed by atoms with Gasteiger partial charge in [0.15, 0.2) is 5.82 Å². The minimum atomic E-state index is -3.62. The lowest BCUT2D eigenvalue weighted by atomic mass is 10.2. The summed E-state index contributed by atoms with van der Waals surface area (Å²) in [6, 6.07) is 3.25. The van der Waals surface area contributed by atoms with E-state index in [0.29, 0.717) is 10.2 Å². The van der Waals surface area contributed by atoms with Gasteiger partial charge >= 0.3 is 0 Å². The highest BCUT2D eigenvalue weighted by Gasteiger charge is 2.19. The van der Waals surface area contributed by atoms with Gasteiger partial charge in [-0.3, -0.25) is 9.82 Å². The third-order valence-corrected chi connectivity index (χ3v) is 5.87. The average molecular weight is 320 g/mol. The Bertz CT molecular complexity index is 656. The maximum Gasteiger partial charge on any atom is 0.272 e. The number of rotatable bonds is 5. The fraction of sp³-hybridized carbons (Fsp3) is 0.364. The van der Waals surface area contributed by atoms with Crippen LogP contribution in [0, 0.1) is 6.92 Å². The molecule has 8 heteroatoms. The third-order valence-electron chi connectivity index (χ3n) is 2.49. The Morgan fingerprint density at radius 1 is 1.47 bits per heavy atom. The minimum absolute atomic E-state index is 0.190. The molecule has 2 aromatic rings. The summed E-state index contributed by atoms with van der Waals surface area (Å²) in [5, 5.41) is 6.73. The molecular formula is C11H14ClN3O2S2. The van der Waals surface area contributed by atoms with Crippen molar-refractivity contribution >= 4 is 38.8 Å². The van der Waals surface area contributed by atoms with Crippen LogP contribution < -0.4 is 4.72 Å². The van der Waals surface area contributed by atoms with Gasteiger partial charge in [-0.1, -0.05) is 24.9 Å². The lowest BCUT2D eigenvalue weighted by molar-refractivity contribution is 0.603. The summed E-state index contributed by atoms with van der Waals surface area (Å²) in [7, 11) is -3.62. The Morgan fingerprint density at radius 3 is 2.79 bits per heavy atom. The molecule has 0 aliphatic carbocycles. The number of anilines is 1. The van der Waals surface area contributed by atoms with Crippen molar-refractivity contribution in [2.24, 2.45) is 0 Å². The van der Waals surface area contributed by atoms with E-state index < -0.39 is 10.0 Å². The second-order valence-corrected chi connectivity index (χ2v) is 7.72. The van der Waals surface area contributed by atoms with Gasteiger partial charge in [0.25, 0.3) is 10.0 Å². The van der Waals surface area contributed by atoms with E-state index in [1.54, 1.807) is 19.1 Å². The van der Waals surface area contributed by atoms with Crippen LogP contribution in [0.2, 0.25) is 4.34 Å². The van der Waals surface area contributed by atoms with Crippen LogP contribution >= 0.6 is 22.9 Å². The van der Waals surface area contributed by atoms with Gasteiger partial charge in [0.1, 0.15) is 4.21 Å². The zero-order valence-corrected chi connectivity index (χ0v) is 12.9. The number of nitrogens with one attached hydrogen (secondary N) is 2. The second-order valence-electron chi connectivity index (χ2n) is 4.16. The number of H-pyrrole nitrogens is 1. The summed E-state index contributed by atoms with van der Waals surface area (Å²) in [6.45, 7) is 3.81. The molecule has 0 saturated carbocycles. The van der Waals surface area contributed by atoms with E-state index in [9.17, 15) is 8.42 Å². The molecule has 0 aliphatic rings. The molecule has 0 radical (unpaired) electrons. The van der Waals surface area contributed by atoms with Gasteiger partial charge in [-0.15, -0.1) is 11.3 Å². The Hall–Kier alpha value is -1.05. The van der Waals surface area contributed by atoms with Gasteiger partial charge < -0.3 is 0 Å². The van der Waals surface area contributed by atoms with Crippen LogP contribution in [0.15, 0.2) is 16.3 Å². The monoisotopic (exact) mass is 319 g/mol. The predicted octanol–water partition coefficient (Wildman–Crippen LogP) is 3.19. The van der Waals surface area contributed by atoms with Crippen molar-refractivity contribution < 1.29 is 8.42 Å². The van der Waals surface area contributed by atoms with E-state index >= 15 is 0 Å². The van der Waals surface area contributed by atoms with E-state index in [1.165, 1.54) is 0 Å². The standard InChI is InChI=1S/C11H14ClN3O2S2/c1-3-4-8-6-9(14-13-8)15-19(16,17)10-5-7(2)11(12)18-10/h5-6H,3-4H2,1-2H3,(H2,13,14,15). The topological polar surface area (TPSA) is 74.8 Å². The van der Waals surface area contributed by atoms with Crippen LogP contribution in [0.3, 0.4) is 0 Å². The van der Waals surface area contributed by atoms with E-state index in [0.717, 1.165) is 35.4 Å². The number of hydrogen-bond donors (Lipinski definition) is 2. The fourth-order valence-corrected chi connectivity index (χ4v) is 4.26. The molecule has 2 aromatic heterocycles. The average Bonchev–Trinajstić information content (AvgIpc) is 2.88. The third kappa shape index (κ3) is 3.29. The molecule has 0 spiro atoms. The zero-order valence-electron chi connectivity index (χ0n) is 10.5. The molecule has 0 aromatic carbocycles. The molecule has 5 nitrogen and oxygen atoms in total. The van der Waals surface area contributed by atoms with Gasteiger partial charge in [-0.25, -0.2) is 8.42 Å². The number of aryl methyl sites for hydroxylation is 2. The van der Waals surface area contributed by atoms with Crippen molar-refractivity contribution in [3.63, 3.8) is 0 Å². The first-order valence-electron chi connectivity index (χ1n) is 5.75. The molecule has 0 saturated heterocycles. The lowest BCUT2D eigenvalue weighted by Gasteiger charge is -2.01. The highest BCUT2D eigenvalue weighted by Crippen LogP contribution is 2.31. The highest BCUT2D eigenvalue weighted by atomic mass is 35.5. The van der Waals surface area contributed by atoms with Gasteiger partial charge in [0.2, 0.25) is 0 Å². The first kappa shape index (κ1) is 14.4. The minimum Gasteiger partial charge on any atom is -0.280 e. The Balaban J connectivity index is 2.20. The smallest absolute Gasteiger partial charge is 0.272 e. The van der Waals surface area contributed by atoms with Crippen LogP contribution in [0.25, 0.3) is 0 Å². The number of halogens is 1. The normalized spacial score (nSPS) is 11.7. The molecule has 0 unspecified atom stereocenters. The second kappa shape index (κ2) is 5.52. The van der Waals surface area contributed by atoms with Gasteiger partial charge in [0.05, 0.1) is 4.34 Å². The summed E-state index contributed by atoms with van der Waals surface area (Å²) in [5.74, 6) is 0.297. The van der Waals surface area contributed by atoms with Crippen molar-refractivity contribution in [2.75, 3.05) is 4.72 Å². The number of aromatic nitrogens is 2. The van der Waals surface area contributed by atoms with Crippen LogP contribution in [0.1, 0.15) is 24.6 Å². The molecule has 0 bridgehead atoms. The maximum absolute atomic E-state index is 12.1. The van der Waals surface area contributed by atoms with Crippen molar-refractivity contribution in [1.82, 2.24) is 10.2 Å².